The zero-order chi connectivity index (χ0) is 18.7. The Hall–Kier alpha value is -2.93. The third kappa shape index (κ3) is 3.67. The van der Waals surface area contributed by atoms with Gasteiger partial charge in [-0.05, 0) is 29.8 Å². The van der Waals surface area contributed by atoms with Crippen LogP contribution in [0.4, 0.5) is 5.69 Å². The first-order chi connectivity index (χ1) is 12.5. The number of halogens is 1. The first-order valence-electron chi connectivity index (χ1n) is 7.78. The molecular formula is C19H16BrN3O3. The average molecular weight is 414 g/mol. The van der Waals surface area contributed by atoms with E-state index in [1.807, 2.05) is 30.3 Å². The molecule has 6 nitrogen and oxygen atoms in total. The predicted octanol–water partition coefficient (Wildman–Crippen LogP) is 3.89. The molecule has 3 aromatic rings. The van der Waals surface area contributed by atoms with Gasteiger partial charge in [0, 0.05) is 11.5 Å². The maximum absolute atomic E-state index is 12.6. The summed E-state index contributed by atoms with van der Waals surface area (Å²) < 4.78 is 7.12. The minimum atomic E-state index is -0.535. The van der Waals surface area contributed by atoms with Crippen LogP contribution in [0.5, 0.6) is 0 Å². The molecule has 1 amide bonds. The molecule has 0 aliphatic heterocycles. The van der Waals surface area contributed by atoms with Crippen LogP contribution >= 0.6 is 15.9 Å². The van der Waals surface area contributed by atoms with Crippen molar-refractivity contribution in [2.24, 2.45) is 7.05 Å². The van der Waals surface area contributed by atoms with Crippen molar-refractivity contribution in [3.63, 3.8) is 0 Å². The lowest BCUT2D eigenvalue weighted by atomic mass is 10.1. The van der Waals surface area contributed by atoms with Gasteiger partial charge in [-0.3, -0.25) is 9.48 Å². The van der Waals surface area contributed by atoms with E-state index in [1.165, 1.54) is 7.11 Å². The number of aromatic nitrogens is 2. The zero-order valence-electron chi connectivity index (χ0n) is 14.2. The number of esters is 1. The van der Waals surface area contributed by atoms with Crippen LogP contribution < -0.4 is 5.32 Å². The Labute approximate surface area is 158 Å². The summed E-state index contributed by atoms with van der Waals surface area (Å²) in [4.78, 5) is 24.5. The lowest BCUT2D eigenvalue weighted by molar-refractivity contribution is 0.0602. The molecule has 2 aromatic carbocycles. The highest BCUT2D eigenvalue weighted by Gasteiger charge is 2.18. The lowest BCUT2D eigenvalue weighted by Gasteiger charge is -2.09. The molecular weight excluding hydrogens is 398 g/mol. The second-order valence-corrected chi connectivity index (χ2v) is 6.46. The Morgan fingerprint density at radius 3 is 2.54 bits per heavy atom. The second-order valence-electron chi connectivity index (χ2n) is 5.54. The number of hydrogen-bond acceptors (Lipinski definition) is 4. The molecule has 0 spiro atoms. The van der Waals surface area contributed by atoms with Crippen LogP contribution in [0.25, 0.3) is 11.3 Å². The Morgan fingerprint density at radius 1 is 1.12 bits per heavy atom. The molecule has 0 bridgehead atoms. The lowest BCUT2D eigenvalue weighted by Crippen LogP contribution is -2.16. The van der Waals surface area contributed by atoms with Crippen LogP contribution in [-0.2, 0) is 11.8 Å². The van der Waals surface area contributed by atoms with Gasteiger partial charge in [-0.2, -0.15) is 5.10 Å². The van der Waals surface area contributed by atoms with E-state index in [0.717, 1.165) is 11.3 Å². The fourth-order valence-electron chi connectivity index (χ4n) is 2.55. The third-order valence-electron chi connectivity index (χ3n) is 3.82. The minimum Gasteiger partial charge on any atom is -0.465 e. The number of methoxy groups -OCH3 is 1. The second kappa shape index (κ2) is 7.53. The van der Waals surface area contributed by atoms with Crippen LogP contribution in [0.3, 0.4) is 0 Å². The van der Waals surface area contributed by atoms with E-state index in [4.69, 9.17) is 4.74 Å². The summed E-state index contributed by atoms with van der Waals surface area (Å²) in [5, 5.41) is 7.00. The molecule has 0 fully saturated rings. The smallest absolute Gasteiger partial charge is 0.340 e. The average Bonchev–Trinajstić information content (AvgIpc) is 3.05. The molecule has 1 aromatic heterocycles. The molecule has 7 heteroatoms. The van der Waals surface area contributed by atoms with Crippen molar-refractivity contribution in [2.45, 2.75) is 0 Å². The van der Waals surface area contributed by atoms with Gasteiger partial charge < -0.3 is 10.1 Å². The van der Waals surface area contributed by atoms with Crippen LogP contribution in [-0.4, -0.2) is 28.8 Å². The van der Waals surface area contributed by atoms with Gasteiger partial charge in [0.15, 0.2) is 5.69 Å². The van der Waals surface area contributed by atoms with E-state index in [-0.39, 0.29) is 11.3 Å². The number of anilines is 1. The molecule has 26 heavy (non-hydrogen) atoms. The summed E-state index contributed by atoms with van der Waals surface area (Å²) in [6.07, 6.45) is 0. The van der Waals surface area contributed by atoms with E-state index in [1.54, 1.807) is 36.0 Å². The Balaban J connectivity index is 1.89. The number of carbonyl (C=O) groups is 2. The molecule has 0 aliphatic carbocycles. The highest BCUT2D eigenvalue weighted by molar-refractivity contribution is 9.10. The third-order valence-corrected chi connectivity index (χ3v) is 4.31. The van der Waals surface area contributed by atoms with Crippen molar-refractivity contribution in [3.05, 3.63) is 70.3 Å². The minimum absolute atomic E-state index is 0.255. The van der Waals surface area contributed by atoms with Crippen molar-refractivity contribution < 1.29 is 14.3 Å². The van der Waals surface area contributed by atoms with Gasteiger partial charge in [-0.25, -0.2) is 4.79 Å². The molecule has 3 rings (SSSR count). The number of amides is 1. The number of carbonyl (C=O) groups excluding carboxylic acids is 2. The maximum atomic E-state index is 12.6. The van der Waals surface area contributed by atoms with Gasteiger partial charge in [0.1, 0.15) is 0 Å². The number of nitrogens with zero attached hydrogens (tertiary/aromatic N) is 2. The van der Waals surface area contributed by atoms with E-state index >= 15 is 0 Å². The van der Waals surface area contributed by atoms with Crippen molar-refractivity contribution in [1.29, 1.82) is 0 Å². The van der Waals surface area contributed by atoms with E-state index in [9.17, 15) is 9.59 Å². The highest BCUT2D eigenvalue weighted by atomic mass is 79.9. The number of rotatable bonds is 4. The monoisotopic (exact) mass is 413 g/mol. The van der Waals surface area contributed by atoms with Gasteiger partial charge >= 0.3 is 5.97 Å². The molecule has 0 saturated heterocycles. The molecule has 1 heterocycles. The van der Waals surface area contributed by atoms with E-state index in [0.29, 0.717) is 10.2 Å². The molecule has 0 atom stereocenters. The molecule has 0 saturated carbocycles. The molecule has 132 valence electrons. The first kappa shape index (κ1) is 17.9. The van der Waals surface area contributed by atoms with Crippen LogP contribution in [0.1, 0.15) is 20.8 Å². The standard InChI is InChI=1S/C19H16BrN3O3/c1-23-17(12-6-4-3-5-7-12)11-16(22-23)18(24)21-15-9-8-13(20)10-14(15)19(25)26-2/h3-11H,1-2H3,(H,21,24). The van der Waals surface area contributed by atoms with Gasteiger partial charge in [-0.1, -0.05) is 46.3 Å². The van der Waals surface area contributed by atoms with Crippen molar-refractivity contribution in [3.8, 4) is 11.3 Å². The van der Waals surface area contributed by atoms with Crippen LogP contribution in [0, 0.1) is 0 Å². The summed E-state index contributed by atoms with van der Waals surface area (Å²) in [5.41, 5.74) is 2.65. The number of ether oxygens (including phenoxy) is 1. The fraction of sp³-hybridized carbons (Fsp3) is 0.105. The molecule has 0 aliphatic rings. The Kier molecular flexibility index (Phi) is 5.18. The van der Waals surface area contributed by atoms with Crippen molar-refractivity contribution in [1.82, 2.24) is 9.78 Å². The van der Waals surface area contributed by atoms with Crippen LogP contribution in [0.2, 0.25) is 0 Å². The molecule has 0 unspecified atom stereocenters. The highest BCUT2D eigenvalue weighted by Crippen LogP contribution is 2.24. The Bertz CT molecular complexity index is 967. The Morgan fingerprint density at radius 2 is 1.85 bits per heavy atom. The zero-order valence-corrected chi connectivity index (χ0v) is 15.8. The number of aryl methyl sites for hydroxylation is 1. The van der Waals surface area contributed by atoms with Gasteiger partial charge in [-0.15, -0.1) is 0 Å². The number of nitrogens with one attached hydrogen (secondary N) is 1. The topological polar surface area (TPSA) is 73.2 Å². The summed E-state index contributed by atoms with van der Waals surface area (Å²) in [6.45, 7) is 0. The first-order valence-corrected chi connectivity index (χ1v) is 8.57. The fourth-order valence-corrected chi connectivity index (χ4v) is 2.91. The SMILES string of the molecule is COC(=O)c1cc(Br)ccc1NC(=O)c1cc(-c2ccccc2)n(C)n1. The molecule has 1 N–H and O–H groups in total. The summed E-state index contributed by atoms with van der Waals surface area (Å²) in [7, 11) is 3.07. The maximum Gasteiger partial charge on any atom is 0.340 e. The molecule has 0 radical (unpaired) electrons. The number of hydrogen-bond donors (Lipinski definition) is 1. The predicted molar refractivity (Wildman–Crippen MR) is 102 cm³/mol. The number of benzene rings is 2. The largest absolute Gasteiger partial charge is 0.465 e. The quantitative estimate of drug-likeness (QED) is 0.658. The summed E-state index contributed by atoms with van der Waals surface area (Å²) >= 11 is 3.31. The van der Waals surface area contributed by atoms with Crippen molar-refractivity contribution in [2.75, 3.05) is 12.4 Å². The van der Waals surface area contributed by atoms with E-state index < -0.39 is 11.9 Å². The van der Waals surface area contributed by atoms with E-state index in [2.05, 4.69) is 26.3 Å². The van der Waals surface area contributed by atoms with Gasteiger partial charge in [0.25, 0.3) is 5.91 Å². The normalized spacial score (nSPS) is 10.4. The van der Waals surface area contributed by atoms with Crippen molar-refractivity contribution >= 4 is 33.5 Å². The summed E-state index contributed by atoms with van der Waals surface area (Å²) in [5.74, 6) is -0.942. The van der Waals surface area contributed by atoms with Crippen LogP contribution in [0.15, 0.2) is 59.1 Å². The van der Waals surface area contributed by atoms with Gasteiger partial charge in [0.2, 0.25) is 0 Å². The summed E-state index contributed by atoms with van der Waals surface area (Å²) in [6, 6.07) is 16.3. The van der Waals surface area contributed by atoms with Gasteiger partial charge in [0.05, 0.1) is 24.1 Å².